The van der Waals surface area contributed by atoms with Gasteiger partial charge in [-0.05, 0) is 32.2 Å². The average molecular weight is 334 g/mol. The van der Waals surface area contributed by atoms with E-state index >= 15 is 0 Å². The van der Waals surface area contributed by atoms with Crippen LogP contribution >= 0.6 is 12.4 Å². The number of carbonyl (C=O) groups excluding carboxylic acids is 1. The van der Waals surface area contributed by atoms with Gasteiger partial charge < -0.3 is 10.2 Å². The summed E-state index contributed by atoms with van der Waals surface area (Å²) in [6, 6.07) is 3.03. The minimum absolute atomic E-state index is 0. The third-order valence-electron chi connectivity index (χ3n) is 3.92. The Labute approximate surface area is 135 Å². The molecule has 22 heavy (non-hydrogen) atoms. The van der Waals surface area contributed by atoms with E-state index in [-0.39, 0.29) is 36.5 Å². The van der Waals surface area contributed by atoms with Crippen molar-refractivity contribution in [2.75, 3.05) is 39.8 Å². The van der Waals surface area contributed by atoms with Crippen molar-refractivity contribution >= 4 is 18.3 Å². The first-order valence-corrected chi connectivity index (χ1v) is 7.12. The van der Waals surface area contributed by atoms with Gasteiger partial charge in [0.15, 0.2) is 0 Å². The van der Waals surface area contributed by atoms with Gasteiger partial charge in [0.05, 0.1) is 6.54 Å². The number of benzene rings is 1. The summed E-state index contributed by atoms with van der Waals surface area (Å²) in [4.78, 5) is 15.7. The molecule has 1 fully saturated rings. The maximum absolute atomic E-state index is 13.8. The molecule has 1 atom stereocenters. The minimum Gasteiger partial charge on any atom is -0.339 e. The topological polar surface area (TPSA) is 35.6 Å². The van der Waals surface area contributed by atoms with Crippen molar-refractivity contribution in [1.29, 1.82) is 0 Å². The Morgan fingerprint density at radius 3 is 2.64 bits per heavy atom. The van der Waals surface area contributed by atoms with E-state index in [2.05, 4.69) is 5.32 Å². The van der Waals surface area contributed by atoms with Gasteiger partial charge in [-0.15, -0.1) is 12.4 Å². The fourth-order valence-electron chi connectivity index (χ4n) is 2.44. The molecule has 1 aromatic carbocycles. The molecule has 0 radical (unpaired) electrons. The SMILES string of the molecule is CC(c1cc(F)ccc1F)N(C)CC(=O)N1CCNCC1.Cl. The van der Waals surface area contributed by atoms with E-state index in [4.69, 9.17) is 0 Å². The van der Waals surface area contributed by atoms with Crippen molar-refractivity contribution in [2.45, 2.75) is 13.0 Å². The first-order chi connectivity index (χ1) is 9.99. The zero-order valence-electron chi connectivity index (χ0n) is 12.8. The molecule has 1 heterocycles. The van der Waals surface area contributed by atoms with Gasteiger partial charge in [0.25, 0.3) is 0 Å². The van der Waals surface area contributed by atoms with Crippen molar-refractivity contribution in [3.05, 3.63) is 35.4 Å². The van der Waals surface area contributed by atoms with Gasteiger partial charge in [-0.3, -0.25) is 9.69 Å². The van der Waals surface area contributed by atoms with E-state index < -0.39 is 11.6 Å². The largest absolute Gasteiger partial charge is 0.339 e. The van der Waals surface area contributed by atoms with Crippen LogP contribution in [0.1, 0.15) is 18.5 Å². The number of hydrogen-bond acceptors (Lipinski definition) is 3. The molecule has 0 bridgehead atoms. The Balaban J connectivity index is 0.00000242. The summed E-state index contributed by atoms with van der Waals surface area (Å²) in [5.74, 6) is -0.909. The molecule has 1 unspecified atom stereocenters. The number of carbonyl (C=O) groups is 1. The number of likely N-dealkylation sites (N-methyl/N-ethyl adjacent to an activating group) is 1. The van der Waals surface area contributed by atoms with Crippen molar-refractivity contribution in [2.24, 2.45) is 0 Å². The van der Waals surface area contributed by atoms with Crippen LogP contribution in [0, 0.1) is 11.6 Å². The summed E-state index contributed by atoms with van der Waals surface area (Å²) in [5, 5.41) is 3.19. The fraction of sp³-hybridized carbons (Fsp3) is 0.533. The van der Waals surface area contributed by atoms with Crippen LogP contribution in [0.5, 0.6) is 0 Å². The lowest BCUT2D eigenvalue weighted by atomic mass is 10.1. The molecule has 1 aromatic rings. The van der Waals surface area contributed by atoms with Crippen LogP contribution in [0.15, 0.2) is 18.2 Å². The second-order valence-electron chi connectivity index (χ2n) is 5.39. The summed E-state index contributed by atoms with van der Waals surface area (Å²) in [6.45, 7) is 4.93. The summed E-state index contributed by atoms with van der Waals surface area (Å²) in [5.41, 5.74) is 0.269. The quantitative estimate of drug-likeness (QED) is 0.913. The Hall–Kier alpha value is -1.24. The molecule has 1 aliphatic heterocycles. The van der Waals surface area contributed by atoms with E-state index in [0.717, 1.165) is 25.2 Å². The van der Waals surface area contributed by atoms with Crippen LogP contribution in [-0.4, -0.2) is 55.5 Å². The number of hydrogen-bond donors (Lipinski definition) is 1. The molecule has 0 spiro atoms. The number of piperazine rings is 1. The molecule has 124 valence electrons. The number of halogens is 3. The highest BCUT2D eigenvalue weighted by atomic mass is 35.5. The van der Waals surface area contributed by atoms with E-state index in [0.29, 0.717) is 13.1 Å². The van der Waals surface area contributed by atoms with Crippen LogP contribution in [-0.2, 0) is 4.79 Å². The predicted octanol–water partition coefficient (Wildman–Crippen LogP) is 1.81. The smallest absolute Gasteiger partial charge is 0.236 e. The number of amides is 1. The Morgan fingerprint density at radius 2 is 2.00 bits per heavy atom. The summed E-state index contributed by atoms with van der Waals surface area (Å²) >= 11 is 0. The van der Waals surface area contributed by atoms with Crippen molar-refractivity contribution in [3.8, 4) is 0 Å². The highest BCUT2D eigenvalue weighted by molar-refractivity contribution is 5.85. The van der Waals surface area contributed by atoms with E-state index in [1.54, 1.807) is 23.8 Å². The zero-order chi connectivity index (χ0) is 15.4. The highest BCUT2D eigenvalue weighted by Gasteiger charge is 2.22. The molecule has 0 aliphatic carbocycles. The number of nitrogens with one attached hydrogen (secondary N) is 1. The third kappa shape index (κ3) is 4.63. The third-order valence-corrected chi connectivity index (χ3v) is 3.92. The lowest BCUT2D eigenvalue weighted by Crippen LogP contribution is -2.49. The van der Waals surface area contributed by atoms with Gasteiger partial charge in [-0.2, -0.15) is 0 Å². The Morgan fingerprint density at radius 1 is 1.36 bits per heavy atom. The highest BCUT2D eigenvalue weighted by Crippen LogP contribution is 2.22. The molecular formula is C15H22ClF2N3O. The van der Waals surface area contributed by atoms with E-state index in [1.807, 2.05) is 0 Å². The molecule has 0 saturated carbocycles. The van der Waals surface area contributed by atoms with Crippen LogP contribution in [0.4, 0.5) is 8.78 Å². The molecule has 1 amide bonds. The van der Waals surface area contributed by atoms with E-state index in [9.17, 15) is 13.6 Å². The maximum atomic E-state index is 13.8. The molecule has 2 rings (SSSR count). The van der Waals surface area contributed by atoms with Crippen LogP contribution < -0.4 is 5.32 Å². The van der Waals surface area contributed by atoms with Gasteiger partial charge in [-0.25, -0.2) is 8.78 Å². The van der Waals surface area contributed by atoms with Gasteiger partial charge in [0.2, 0.25) is 5.91 Å². The zero-order valence-corrected chi connectivity index (χ0v) is 13.6. The lowest BCUT2D eigenvalue weighted by molar-refractivity contribution is -0.133. The molecular weight excluding hydrogens is 312 g/mol. The lowest BCUT2D eigenvalue weighted by Gasteiger charge is -2.31. The fourth-order valence-corrected chi connectivity index (χ4v) is 2.44. The van der Waals surface area contributed by atoms with E-state index in [1.165, 1.54) is 6.07 Å². The molecule has 1 saturated heterocycles. The minimum atomic E-state index is -0.472. The number of rotatable bonds is 4. The summed E-state index contributed by atoms with van der Waals surface area (Å²) < 4.78 is 27.0. The Kier molecular flexibility index (Phi) is 7.19. The van der Waals surface area contributed by atoms with Gasteiger partial charge in [0.1, 0.15) is 11.6 Å². The number of nitrogens with zero attached hydrogens (tertiary/aromatic N) is 2. The first-order valence-electron chi connectivity index (χ1n) is 7.12. The summed E-state index contributed by atoms with van der Waals surface area (Å²) in [6.07, 6.45) is 0. The molecule has 1 N–H and O–H groups in total. The first kappa shape index (κ1) is 18.8. The van der Waals surface area contributed by atoms with Gasteiger partial charge in [-0.1, -0.05) is 0 Å². The molecule has 0 aromatic heterocycles. The van der Waals surface area contributed by atoms with Crippen LogP contribution in [0.3, 0.4) is 0 Å². The maximum Gasteiger partial charge on any atom is 0.236 e. The van der Waals surface area contributed by atoms with Gasteiger partial charge in [0, 0.05) is 37.8 Å². The average Bonchev–Trinajstić information content (AvgIpc) is 2.49. The molecule has 7 heteroatoms. The molecule has 4 nitrogen and oxygen atoms in total. The second kappa shape index (κ2) is 8.41. The van der Waals surface area contributed by atoms with Crippen molar-refractivity contribution in [3.63, 3.8) is 0 Å². The summed E-state index contributed by atoms with van der Waals surface area (Å²) in [7, 11) is 1.75. The second-order valence-corrected chi connectivity index (χ2v) is 5.39. The van der Waals surface area contributed by atoms with Crippen molar-refractivity contribution < 1.29 is 13.6 Å². The monoisotopic (exact) mass is 333 g/mol. The molecule has 1 aliphatic rings. The van der Waals surface area contributed by atoms with Gasteiger partial charge >= 0.3 is 0 Å². The van der Waals surface area contributed by atoms with Crippen LogP contribution in [0.25, 0.3) is 0 Å². The Bertz CT molecular complexity index is 510. The van der Waals surface area contributed by atoms with Crippen LogP contribution in [0.2, 0.25) is 0 Å². The van der Waals surface area contributed by atoms with Crippen molar-refractivity contribution in [1.82, 2.24) is 15.1 Å². The standard InChI is InChI=1S/C15H21F2N3O.ClH/c1-11(13-9-12(16)3-4-14(13)17)19(2)10-15(21)20-7-5-18-6-8-20;/h3-4,9,11,18H,5-8,10H2,1-2H3;1H. The normalized spacial score (nSPS) is 16.3. The predicted molar refractivity (Wildman–Crippen MR) is 84.1 cm³/mol.